The van der Waals surface area contributed by atoms with Crippen LogP contribution in [0.2, 0.25) is 0 Å². The highest BCUT2D eigenvalue weighted by Crippen LogP contribution is 2.23. The van der Waals surface area contributed by atoms with Gasteiger partial charge in [0, 0.05) is 0 Å². The molecule has 0 aliphatic rings. The third-order valence-corrected chi connectivity index (χ3v) is 2.31. The van der Waals surface area contributed by atoms with Crippen LogP contribution >= 0.6 is 0 Å². The maximum absolute atomic E-state index is 12.0. The first-order valence-corrected chi connectivity index (χ1v) is 6.26. The molecule has 0 unspecified atom stereocenters. The van der Waals surface area contributed by atoms with Crippen LogP contribution in [0.5, 0.6) is 0 Å². The molecule has 0 saturated heterocycles. The molecule has 7 heteroatoms. The zero-order valence-electron chi connectivity index (χ0n) is 12.2. The molecule has 1 aromatic rings. The number of hydrogen-bond donors (Lipinski definition) is 3. The summed E-state index contributed by atoms with van der Waals surface area (Å²) in [5, 5.41) is 8.85. The van der Waals surface area contributed by atoms with Crippen LogP contribution in [0.1, 0.15) is 36.7 Å². The maximum atomic E-state index is 12.0. The fraction of sp³-hybridized carbons (Fsp3) is 0.357. The Hall–Kier alpha value is -2.57. The lowest BCUT2D eigenvalue weighted by molar-refractivity contribution is -0.136. The molecular formula is C14H19N3O4. The van der Waals surface area contributed by atoms with E-state index in [4.69, 9.17) is 21.3 Å². The van der Waals surface area contributed by atoms with Gasteiger partial charge in [0.2, 0.25) is 0 Å². The average Bonchev–Trinajstić information content (AvgIpc) is 2.27. The number of carbonyl (C=O) groups excluding carboxylic acids is 1. The molecule has 0 saturated carbocycles. The predicted octanol–water partition coefficient (Wildman–Crippen LogP) is 1.17. The molecule has 0 atom stereocenters. The normalized spacial score (nSPS) is 10.8. The molecule has 0 fully saturated rings. The second kappa shape index (κ2) is 6.25. The summed E-state index contributed by atoms with van der Waals surface area (Å²) in [5.41, 5.74) is 10.9. The Morgan fingerprint density at radius 2 is 1.90 bits per heavy atom. The molecule has 0 aliphatic carbocycles. The molecule has 0 bridgehead atoms. The lowest BCUT2D eigenvalue weighted by atomic mass is 10.1. The topological polar surface area (TPSA) is 128 Å². The molecule has 114 valence electrons. The average molecular weight is 293 g/mol. The van der Waals surface area contributed by atoms with E-state index in [2.05, 4.69) is 4.99 Å². The van der Waals surface area contributed by atoms with Gasteiger partial charge in [-0.3, -0.25) is 4.79 Å². The van der Waals surface area contributed by atoms with E-state index in [-0.39, 0.29) is 23.6 Å². The van der Waals surface area contributed by atoms with Gasteiger partial charge in [0.05, 0.1) is 17.7 Å². The number of carboxylic acids is 1. The number of carbonyl (C=O) groups is 2. The Bertz CT molecular complexity index is 584. The molecule has 5 N–H and O–H groups in total. The Kier molecular flexibility index (Phi) is 4.91. The van der Waals surface area contributed by atoms with Crippen LogP contribution in [0.3, 0.4) is 0 Å². The van der Waals surface area contributed by atoms with Gasteiger partial charge in [-0.1, -0.05) is 6.07 Å². The number of benzene rings is 1. The third kappa shape index (κ3) is 5.52. The number of guanidine groups is 1. The lowest BCUT2D eigenvalue weighted by Gasteiger charge is -2.19. The third-order valence-electron chi connectivity index (χ3n) is 2.31. The number of hydrogen-bond acceptors (Lipinski definition) is 4. The van der Waals surface area contributed by atoms with Crippen molar-refractivity contribution in [3.63, 3.8) is 0 Å². The van der Waals surface area contributed by atoms with Crippen LogP contribution in [0.4, 0.5) is 5.69 Å². The standard InChI is InChI=1S/C14H19N3O4/c1-14(2,3)21-12(20)9-5-4-8(7-11(18)19)10(6-9)17-13(15)16/h4-6H,7H2,1-3H3,(H,18,19)(H4,15,16,17). The molecule has 1 rings (SSSR count). The van der Waals surface area contributed by atoms with Crippen molar-refractivity contribution in [2.75, 3.05) is 0 Å². The van der Waals surface area contributed by atoms with Gasteiger partial charge in [-0.15, -0.1) is 0 Å². The zero-order chi connectivity index (χ0) is 16.2. The van der Waals surface area contributed by atoms with E-state index in [1.54, 1.807) is 20.8 Å². The van der Waals surface area contributed by atoms with Gasteiger partial charge in [0.1, 0.15) is 5.60 Å². The summed E-state index contributed by atoms with van der Waals surface area (Å²) < 4.78 is 5.24. The van der Waals surface area contributed by atoms with Gasteiger partial charge in [0.25, 0.3) is 0 Å². The van der Waals surface area contributed by atoms with Crippen LogP contribution < -0.4 is 11.5 Å². The van der Waals surface area contributed by atoms with E-state index in [0.29, 0.717) is 5.56 Å². The molecular weight excluding hydrogens is 274 g/mol. The SMILES string of the molecule is CC(C)(C)OC(=O)c1ccc(CC(=O)O)c(N=C(N)N)c1. The largest absolute Gasteiger partial charge is 0.481 e. The number of carboxylic acid groups (broad SMARTS) is 1. The van der Waals surface area contributed by atoms with Crippen molar-refractivity contribution in [2.45, 2.75) is 32.8 Å². The number of esters is 1. The molecule has 0 heterocycles. The second-order valence-corrected chi connectivity index (χ2v) is 5.45. The van der Waals surface area contributed by atoms with Gasteiger partial charge in [0.15, 0.2) is 5.96 Å². The van der Waals surface area contributed by atoms with E-state index in [1.807, 2.05) is 0 Å². The van der Waals surface area contributed by atoms with E-state index in [9.17, 15) is 9.59 Å². The number of aliphatic imine (C=N–C) groups is 1. The van der Waals surface area contributed by atoms with Crippen molar-refractivity contribution in [3.05, 3.63) is 29.3 Å². The number of nitrogens with zero attached hydrogens (tertiary/aromatic N) is 1. The van der Waals surface area contributed by atoms with Gasteiger partial charge in [-0.05, 0) is 38.5 Å². The van der Waals surface area contributed by atoms with Crippen molar-refractivity contribution >= 4 is 23.6 Å². The van der Waals surface area contributed by atoms with Gasteiger partial charge < -0.3 is 21.3 Å². The summed E-state index contributed by atoms with van der Waals surface area (Å²) in [6.07, 6.45) is -0.249. The summed E-state index contributed by atoms with van der Waals surface area (Å²) in [4.78, 5) is 26.6. The van der Waals surface area contributed by atoms with Gasteiger partial charge in [-0.2, -0.15) is 0 Å². The molecule has 1 aromatic carbocycles. The number of ether oxygens (including phenoxy) is 1. The van der Waals surface area contributed by atoms with Crippen LogP contribution in [-0.4, -0.2) is 28.6 Å². The van der Waals surface area contributed by atoms with E-state index in [0.717, 1.165) is 0 Å². The summed E-state index contributed by atoms with van der Waals surface area (Å²) in [6.45, 7) is 5.25. The molecule has 21 heavy (non-hydrogen) atoms. The quantitative estimate of drug-likeness (QED) is 0.434. The first-order valence-electron chi connectivity index (χ1n) is 6.26. The summed E-state index contributed by atoms with van der Waals surface area (Å²) in [5.74, 6) is -1.77. The summed E-state index contributed by atoms with van der Waals surface area (Å²) in [6, 6.07) is 4.39. The Labute approximate surface area is 122 Å². The zero-order valence-corrected chi connectivity index (χ0v) is 12.2. The van der Waals surface area contributed by atoms with E-state index in [1.165, 1.54) is 18.2 Å². The Morgan fingerprint density at radius 1 is 1.29 bits per heavy atom. The highest BCUT2D eigenvalue weighted by molar-refractivity contribution is 5.92. The van der Waals surface area contributed by atoms with Crippen molar-refractivity contribution in [2.24, 2.45) is 16.5 Å². The number of nitrogens with two attached hydrogens (primary N) is 2. The fourth-order valence-electron chi connectivity index (χ4n) is 1.58. The monoisotopic (exact) mass is 293 g/mol. The van der Waals surface area contributed by atoms with E-state index >= 15 is 0 Å². The highest BCUT2D eigenvalue weighted by atomic mass is 16.6. The molecule has 0 radical (unpaired) electrons. The van der Waals surface area contributed by atoms with Crippen molar-refractivity contribution < 1.29 is 19.4 Å². The lowest BCUT2D eigenvalue weighted by Crippen LogP contribution is -2.24. The minimum absolute atomic E-state index is 0.219. The maximum Gasteiger partial charge on any atom is 0.338 e. The minimum Gasteiger partial charge on any atom is -0.481 e. The van der Waals surface area contributed by atoms with Gasteiger partial charge >= 0.3 is 11.9 Å². The number of aliphatic carboxylic acids is 1. The molecule has 0 spiro atoms. The van der Waals surface area contributed by atoms with Crippen molar-refractivity contribution in [3.8, 4) is 0 Å². The van der Waals surface area contributed by atoms with Crippen LogP contribution in [0, 0.1) is 0 Å². The predicted molar refractivity (Wildman–Crippen MR) is 78.4 cm³/mol. The second-order valence-electron chi connectivity index (χ2n) is 5.45. The first-order chi connectivity index (χ1) is 9.58. The molecule has 0 aromatic heterocycles. The van der Waals surface area contributed by atoms with Crippen molar-refractivity contribution in [1.82, 2.24) is 0 Å². The van der Waals surface area contributed by atoms with Crippen molar-refractivity contribution in [1.29, 1.82) is 0 Å². The number of rotatable bonds is 4. The van der Waals surface area contributed by atoms with E-state index < -0.39 is 17.5 Å². The first kappa shape index (κ1) is 16.5. The molecule has 0 amide bonds. The molecule has 7 nitrogen and oxygen atoms in total. The summed E-state index contributed by atoms with van der Waals surface area (Å²) >= 11 is 0. The summed E-state index contributed by atoms with van der Waals surface area (Å²) in [7, 11) is 0. The van der Waals surface area contributed by atoms with Crippen LogP contribution in [0.25, 0.3) is 0 Å². The Balaban J connectivity index is 3.18. The van der Waals surface area contributed by atoms with Crippen LogP contribution in [-0.2, 0) is 16.0 Å². The highest BCUT2D eigenvalue weighted by Gasteiger charge is 2.19. The minimum atomic E-state index is -1.02. The Morgan fingerprint density at radius 3 is 2.38 bits per heavy atom. The van der Waals surface area contributed by atoms with Crippen LogP contribution in [0.15, 0.2) is 23.2 Å². The smallest absolute Gasteiger partial charge is 0.338 e. The molecule has 0 aliphatic heterocycles. The van der Waals surface area contributed by atoms with Gasteiger partial charge in [-0.25, -0.2) is 9.79 Å². The fourth-order valence-corrected chi connectivity index (χ4v) is 1.58.